The van der Waals surface area contributed by atoms with Gasteiger partial charge in [-0.25, -0.2) is 8.42 Å². The highest BCUT2D eigenvalue weighted by molar-refractivity contribution is 7.92. The van der Waals surface area contributed by atoms with Gasteiger partial charge in [0, 0.05) is 5.56 Å². The lowest BCUT2D eigenvalue weighted by Crippen LogP contribution is -2.27. The molecule has 8 heteroatoms. The average molecular weight is 449 g/mol. The van der Waals surface area contributed by atoms with Crippen LogP contribution >= 0.6 is 0 Å². The van der Waals surface area contributed by atoms with E-state index in [1.807, 2.05) is 25.1 Å². The van der Waals surface area contributed by atoms with Crippen LogP contribution in [0.3, 0.4) is 0 Å². The van der Waals surface area contributed by atoms with Crippen molar-refractivity contribution in [1.82, 2.24) is 5.32 Å². The van der Waals surface area contributed by atoms with Crippen LogP contribution in [-0.2, 0) is 10.0 Å². The maximum Gasteiger partial charge on any atom is 0.251 e. The molecule has 0 radical (unpaired) electrons. The lowest BCUT2D eigenvalue weighted by atomic mass is 10.1. The van der Waals surface area contributed by atoms with Crippen molar-refractivity contribution in [2.75, 3.05) is 24.7 Å². The highest BCUT2D eigenvalue weighted by Gasteiger charge is 2.16. The van der Waals surface area contributed by atoms with Crippen LogP contribution in [-0.4, -0.2) is 34.3 Å². The number of amides is 1. The molecule has 0 spiro atoms. The highest BCUT2D eigenvalue weighted by atomic mass is 32.2. The number of nitrogens with one attached hydrogen (secondary N) is 2. The van der Waals surface area contributed by atoms with Crippen LogP contribution in [0.2, 0.25) is 0 Å². The highest BCUT2D eigenvalue weighted by Crippen LogP contribution is 2.30. The normalized spacial score (nSPS) is 12.2. The summed E-state index contributed by atoms with van der Waals surface area (Å²) in [7, 11) is -1.85. The summed E-state index contributed by atoms with van der Waals surface area (Å²) in [5, 5.41) is 2.94. The lowest BCUT2D eigenvalue weighted by molar-refractivity contribution is 0.0940. The molecule has 0 saturated heterocycles. The van der Waals surface area contributed by atoms with Gasteiger partial charge in [-0.2, -0.15) is 0 Å². The Hall–Kier alpha value is -2.74. The summed E-state index contributed by atoms with van der Waals surface area (Å²) < 4.78 is 36.8. The van der Waals surface area contributed by atoms with Gasteiger partial charge in [0.05, 0.1) is 31.7 Å². The minimum Gasteiger partial charge on any atom is -0.493 e. The molecular formula is C23H32N2O5S. The molecule has 2 aromatic rings. The van der Waals surface area contributed by atoms with Gasteiger partial charge in [0.25, 0.3) is 5.91 Å². The molecule has 0 aliphatic heterocycles. The summed E-state index contributed by atoms with van der Waals surface area (Å²) in [6, 6.07) is 10.2. The number of carbonyl (C=O) groups is 1. The van der Waals surface area contributed by atoms with E-state index in [0.717, 1.165) is 36.6 Å². The van der Waals surface area contributed by atoms with Crippen molar-refractivity contribution >= 4 is 21.6 Å². The zero-order chi connectivity index (χ0) is 23.0. The molecule has 31 heavy (non-hydrogen) atoms. The van der Waals surface area contributed by atoms with E-state index in [0.29, 0.717) is 29.4 Å². The van der Waals surface area contributed by atoms with E-state index in [-0.39, 0.29) is 11.9 Å². The molecule has 0 heterocycles. The van der Waals surface area contributed by atoms with Gasteiger partial charge < -0.3 is 14.8 Å². The van der Waals surface area contributed by atoms with Crippen molar-refractivity contribution in [3.63, 3.8) is 0 Å². The first-order valence-corrected chi connectivity index (χ1v) is 12.2. The van der Waals surface area contributed by atoms with Crippen molar-refractivity contribution in [3.05, 3.63) is 53.1 Å². The number of methoxy groups -OCH3 is 1. The fraction of sp³-hybridized carbons (Fsp3) is 0.435. The molecule has 2 N–H and O–H groups in total. The first-order valence-electron chi connectivity index (χ1n) is 10.3. The van der Waals surface area contributed by atoms with E-state index >= 15 is 0 Å². The van der Waals surface area contributed by atoms with Gasteiger partial charge in [-0.15, -0.1) is 0 Å². The molecule has 0 aliphatic rings. The minimum atomic E-state index is -3.44. The third kappa shape index (κ3) is 7.47. The third-order valence-electron chi connectivity index (χ3n) is 4.84. The Bertz CT molecular complexity index is 1010. The Morgan fingerprint density at radius 3 is 2.48 bits per heavy atom. The van der Waals surface area contributed by atoms with E-state index in [2.05, 4.69) is 17.0 Å². The molecule has 2 rings (SSSR count). The number of benzene rings is 2. The Balaban J connectivity index is 2.11. The van der Waals surface area contributed by atoms with Gasteiger partial charge in [0.15, 0.2) is 11.5 Å². The molecule has 1 atom stereocenters. The smallest absolute Gasteiger partial charge is 0.251 e. The van der Waals surface area contributed by atoms with Crippen molar-refractivity contribution in [2.45, 2.75) is 46.1 Å². The van der Waals surface area contributed by atoms with Crippen molar-refractivity contribution < 1.29 is 22.7 Å². The molecule has 0 aliphatic carbocycles. The standard InChI is InChI=1S/C23H32N2O5S/c1-6-7-8-13-30-21-12-11-18(15-22(21)29-4)17(3)24-23(26)19-10-9-16(2)20(14-19)25-31(5,27)28/h9-12,14-15,17,25H,6-8,13H2,1-5H3,(H,24,26). The molecule has 0 bridgehead atoms. The summed E-state index contributed by atoms with van der Waals surface area (Å²) in [6.45, 7) is 6.42. The fourth-order valence-corrected chi connectivity index (χ4v) is 3.66. The number of hydrogen-bond acceptors (Lipinski definition) is 5. The molecule has 0 aromatic heterocycles. The number of anilines is 1. The Morgan fingerprint density at radius 1 is 1.10 bits per heavy atom. The van der Waals surface area contributed by atoms with Crippen LogP contribution in [0.5, 0.6) is 11.5 Å². The van der Waals surface area contributed by atoms with Gasteiger partial charge in [-0.1, -0.05) is 31.9 Å². The van der Waals surface area contributed by atoms with Crippen molar-refractivity contribution in [2.24, 2.45) is 0 Å². The molecule has 170 valence electrons. The number of rotatable bonds is 11. The monoisotopic (exact) mass is 448 g/mol. The van der Waals surface area contributed by atoms with Crippen LogP contribution < -0.4 is 19.5 Å². The van der Waals surface area contributed by atoms with Gasteiger partial charge in [0.2, 0.25) is 10.0 Å². The topological polar surface area (TPSA) is 93.7 Å². The number of sulfonamides is 1. The van der Waals surface area contributed by atoms with Crippen molar-refractivity contribution in [3.8, 4) is 11.5 Å². The van der Waals surface area contributed by atoms with E-state index in [1.54, 1.807) is 26.2 Å². The van der Waals surface area contributed by atoms with Gasteiger partial charge in [-0.05, 0) is 55.7 Å². The molecule has 2 aromatic carbocycles. The number of ether oxygens (including phenoxy) is 2. The zero-order valence-electron chi connectivity index (χ0n) is 18.8. The lowest BCUT2D eigenvalue weighted by Gasteiger charge is -2.18. The summed E-state index contributed by atoms with van der Waals surface area (Å²) in [5.74, 6) is 0.990. The quantitative estimate of drug-likeness (QED) is 0.496. The Morgan fingerprint density at radius 2 is 1.84 bits per heavy atom. The first-order chi connectivity index (χ1) is 14.6. The largest absolute Gasteiger partial charge is 0.493 e. The molecule has 0 saturated carbocycles. The van der Waals surface area contributed by atoms with Crippen molar-refractivity contribution in [1.29, 1.82) is 0 Å². The van der Waals surface area contributed by atoms with Crippen LogP contribution in [0, 0.1) is 6.92 Å². The van der Waals surface area contributed by atoms with Crippen LogP contribution in [0.15, 0.2) is 36.4 Å². The predicted octanol–water partition coefficient (Wildman–Crippen LogP) is 4.44. The van der Waals surface area contributed by atoms with Gasteiger partial charge in [-0.3, -0.25) is 9.52 Å². The molecule has 1 amide bonds. The number of unbranched alkanes of at least 4 members (excludes halogenated alkanes) is 2. The number of aryl methyl sites for hydroxylation is 1. The summed E-state index contributed by atoms with van der Waals surface area (Å²) in [5.41, 5.74) is 2.35. The molecule has 7 nitrogen and oxygen atoms in total. The van der Waals surface area contributed by atoms with Crippen LogP contribution in [0.25, 0.3) is 0 Å². The maximum atomic E-state index is 12.7. The van der Waals surface area contributed by atoms with Gasteiger partial charge in [0.1, 0.15) is 0 Å². The van der Waals surface area contributed by atoms with Gasteiger partial charge >= 0.3 is 0 Å². The molecule has 0 fully saturated rings. The zero-order valence-corrected chi connectivity index (χ0v) is 19.6. The Labute approximate surface area is 185 Å². The summed E-state index contributed by atoms with van der Waals surface area (Å²) in [6.07, 6.45) is 4.31. The first kappa shape index (κ1) is 24.5. The summed E-state index contributed by atoms with van der Waals surface area (Å²) in [4.78, 5) is 12.7. The van der Waals surface area contributed by atoms with E-state index < -0.39 is 10.0 Å². The minimum absolute atomic E-state index is 0.289. The summed E-state index contributed by atoms with van der Waals surface area (Å²) >= 11 is 0. The number of carbonyl (C=O) groups excluding carboxylic acids is 1. The second-order valence-electron chi connectivity index (χ2n) is 7.56. The second-order valence-corrected chi connectivity index (χ2v) is 9.31. The molecule has 1 unspecified atom stereocenters. The fourth-order valence-electron chi connectivity index (χ4n) is 3.04. The van der Waals surface area contributed by atoms with E-state index in [4.69, 9.17) is 9.47 Å². The maximum absolute atomic E-state index is 12.7. The van der Waals surface area contributed by atoms with Crippen LogP contribution in [0.1, 0.15) is 60.6 Å². The SMILES string of the molecule is CCCCCOc1ccc(C(C)NC(=O)c2ccc(C)c(NS(C)(=O)=O)c2)cc1OC. The van der Waals surface area contributed by atoms with E-state index in [1.165, 1.54) is 6.07 Å². The second kappa shape index (κ2) is 11.0. The molecular weight excluding hydrogens is 416 g/mol. The van der Waals surface area contributed by atoms with E-state index in [9.17, 15) is 13.2 Å². The Kier molecular flexibility index (Phi) is 8.74. The number of hydrogen-bond donors (Lipinski definition) is 2. The predicted molar refractivity (Wildman–Crippen MR) is 124 cm³/mol. The van der Waals surface area contributed by atoms with Crippen LogP contribution in [0.4, 0.5) is 5.69 Å². The average Bonchev–Trinajstić information content (AvgIpc) is 2.71. The third-order valence-corrected chi connectivity index (χ3v) is 5.43.